The monoisotopic (exact) mass is 375 g/mol. The van der Waals surface area contributed by atoms with Crippen molar-refractivity contribution in [3.8, 4) is 0 Å². The van der Waals surface area contributed by atoms with Gasteiger partial charge in [-0.15, -0.1) is 0 Å². The van der Waals surface area contributed by atoms with Gasteiger partial charge in [-0.2, -0.15) is 0 Å². The Morgan fingerprint density at radius 1 is 1.33 bits per heavy atom. The molecule has 1 aliphatic heterocycles. The van der Waals surface area contributed by atoms with E-state index in [0.717, 1.165) is 18.3 Å². The molecule has 1 aromatic carbocycles. The molecule has 6 nitrogen and oxygen atoms in total. The fourth-order valence-electron chi connectivity index (χ4n) is 3.43. The molecular formula is C21H29NO5. The number of amides is 1. The van der Waals surface area contributed by atoms with Crippen molar-refractivity contribution in [1.29, 1.82) is 0 Å². The number of rotatable bonds is 6. The average molecular weight is 375 g/mol. The molecule has 0 saturated carbocycles. The maximum absolute atomic E-state index is 12.3. The fourth-order valence-corrected chi connectivity index (χ4v) is 3.43. The van der Waals surface area contributed by atoms with Crippen molar-refractivity contribution >= 4 is 18.3 Å². The molecular weight excluding hydrogens is 346 g/mol. The quantitative estimate of drug-likeness (QED) is 0.562. The number of methoxy groups -OCH3 is 1. The summed E-state index contributed by atoms with van der Waals surface area (Å²) in [5.41, 5.74) is 0.998. The van der Waals surface area contributed by atoms with Crippen molar-refractivity contribution in [2.24, 2.45) is 11.8 Å². The Morgan fingerprint density at radius 2 is 2.07 bits per heavy atom. The number of ether oxygens (including phenoxy) is 2. The molecule has 0 aliphatic carbocycles. The van der Waals surface area contributed by atoms with Crippen LogP contribution in [0.5, 0.6) is 0 Å². The Kier molecular flexibility index (Phi) is 6.99. The third kappa shape index (κ3) is 6.38. The second-order valence-electron chi connectivity index (χ2n) is 8.10. The van der Waals surface area contributed by atoms with Gasteiger partial charge < -0.3 is 14.4 Å². The lowest BCUT2D eigenvalue weighted by Crippen LogP contribution is -2.35. The average Bonchev–Trinajstić information content (AvgIpc) is 3.08. The third-order valence-electron chi connectivity index (χ3n) is 4.66. The zero-order valence-electron chi connectivity index (χ0n) is 16.6. The predicted octanol–water partition coefficient (Wildman–Crippen LogP) is 3.48. The molecule has 1 saturated heterocycles. The lowest BCUT2D eigenvalue weighted by Gasteiger charge is -2.25. The summed E-state index contributed by atoms with van der Waals surface area (Å²) in [5.74, 6) is -0.349. The largest absolute Gasteiger partial charge is 0.469 e. The first kappa shape index (κ1) is 20.9. The van der Waals surface area contributed by atoms with Gasteiger partial charge in [-0.25, -0.2) is 4.79 Å². The molecule has 1 fully saturated rings. The van der Waals surface area contributed by atoms with E-state index >= 15 is 0 Å². The molecule has 1 heterocycles. The van der Waals surface area contributed by atoms with Crippen LogP contribution < -0.4 is 0 Å². The Morgan fingerprint density at radius 3 is 2.70 bits per heavy atom. The second kappa shape index (κ2) is 9.02. The predicted molar refractivity (Wildman–Crippen MR) is 102 cm³/mol. The SMILES string of the molecule is COC(=O)C(Cc1cccc(C=O)c1)C[C@H]1CCN(C(=O)OC(C)(C)C)C1. The van der Waals surface area contributed by atoms with Gasteiger partial charge in [0, 0.05) is 18.7 Å². The Balaban J connectivity index is 1.99. The molecule has 148 valence electrons. The van der Waals surface area contributed by atoms with Crippen LogP contribution in [0.25, 0.3) is 0 Å². The number of hydrogen-bond donors (Lipinski definition) is 0. The first-order valence-corrected chi connectivity index (χ1v) is 9.31. The first-order valence-electron chi connectivity index (χ1n) is 9.31. The van der Waals surface area contributed by atoms with Crippen molar-refractivity contribution in [1.82, 2.24) is 4.90 Å². The Bertz CT molecular complexity index is 679. The minimum atomic E-state index is -0.521. The molecule has 0 radical (unpaired) electrons. The number of carbonyl (C=O) groups is 3. The number of carbonyl (C=O) groups excluding carboxylic acids is 3. The maximum atomic E-state index is 12.3. The smallest absolute Gasteiger partial charge is 0.410 e. The topological polar surface area (TPSA) is 72.9 Å². The summed E-state index contributed by atoms with van der Waals surface area (Å²) >= 11 is 0. The number of nitrogens with zero attached hydrogens (tertiary/aromatic N) is 1. The van der Waals surface area contributed by atoms with Crippen LogP contribution in [-0.2, 0) is 20.7 Å². The molecule has 1 aromatic rings. The molecule has 1 amide bonds. The van der Waals surface area contributed by atoms with Crippen LogP contribution in [-0.4, -0.2) is 49.0 Å². The van der Waals surface area contributed by atoms with E-state index in [4.69, 9.17) is 9.47 Å². The number of benzene rings is 1. The van der Waals surface area contributed by atoms with Gasteiger partial charge in [0.25, 0.3) is 0 Å². The van der Waals surface area contributed by atoms with E-state index < -0.39 is 5.60 Å². The molecule has 0 N–H and O–H groups in total. The van der Waals surface area contributed by atoms with E-state index in [2.05, 4.69) is 0 Å². The van der Waals surface area contributed by atoms with Crippen LogP contribution in [0.1, 0.15) is 49.5 Å². The second-order valence-corrected chi connectivity index (χ2v) is 8.10. The molecule has 27 heavy (non-hydrogen) atoms. The van der Waals surface area contributed by atoms with Gasteiger partial charge in [-0.3, -0.25) is 9.59 Å². The summed E-state index contributed by atoms with van der Waals surface area (Å²) in [5, 5.41) is 0. The van der Waals surface area contributed by atoms with Gasteiger partial charge in [-0.1, -0.05) is 18.2 Å². The first-order chi connectivity index (χ1) is 12.7. The van der Waals surface area contributed by atoms with Crippen LogP contribution in [0.15, 0.2) is 24.3 Å². The van der Waals surface area contributed by atoms with Crippen molar-refractivity contribution < 1.29 is 23.9 Å². The summed E-state index contributed by atoms with van der Waals surface area (Å²) in [6, 6.07) is 7.25. The van der Waals surface area contributed by atoms with E-state index in [1.54, 1.807) is 17.0 Å². The lowest BCUT2D eigenvalue weighted by molar-refractivity contribution is -0.146. The maximum Gasteiger partial charge on any atom is 0.410 e. The van der Waals surface area contributed by atoms with Crippen LogP contribution in [0, 0.1) is 11.8 Å². The van der Waals surface area contributed by atoms with E-state index in [9.17, 15) is 14.4 Å². The lowest BCUT2D eigenvalue weighted by atomic mass is 9.88. The zero-order valence-corrected chi connectivity index (χ0v) is 16.6. The summed E-state index contributed by atoms with van der Waals surface area (Å²) in [6.45, 7) is 6.75. The fraction of sp³-hybridized carbons (Fsp3) is 0.571. The highest BCUT2D eigenvalue weighted by Gasteiger charge is 2.33. The number of likely N-dealkylation sites (tertiary alicyclic amines) is 1. The molecule has 1 aliphatic rings. The number of esters is 1. The highest BCUT2D eigenvalue weighted by atomic mass is 16.6. The number of aldehydes is 1. The standard InChI is InChI=1S/C21H29NO5/c1-21(2,3)27-20(25)22-9-8-16(13-22)12-18(19(24)26-4)11-15-6-5-7-17(10-15)14-23/h5-7,10,14,16,18H,8-9,11-13H2,1-4H3/t16-,18?/m1/s1. The van der Waals surface area contributed by atoms with Gasteiger partial charge in [-0.05, 0) is 57.6 Å². The normalized spacial score (nSPS) is 18.1. The summed E-state index contributed by atoms with van der Waals surface area (Å²) < 4.78 is 10.4. The molecule has 2 atom stereocenters. The number of hydrogen-bond acceptors (Lipinski definition) is 5. The third-order valence-corrected chi connectivity index (χ3v) is 4.66. The summed E-state index contributed by atoms with van der Waals surface area (Å²) in [4.78, 5) is 37.2. The van der Waals surface area contributed by atoms with E-state index in [1.165, 1.54) is 7.11 Å². The summed E-state index contributed by atoms with van der Waals surface area (Å²) in [6.07, 6.45) is 2.47. The van der Waals surface area contributed by atoms with Gasteiger partial charge in [0.2, 0.25) is 0 Å². The van der Waals surface area contributed by atoms with E-state index in [0.29, 0.717) is 31.5 Å². The van der Waals surface area contributed by atoms with E-state index in [-0.39, 0.29) is 23.9 Å². The van der Waals surface area contributed by atoms with Gasteiger partial charge in [0.1, 0.15) is 11.9 Å². The molecule has 0 aromatic heterocycles. The van der Waals surface area contributed by atoms with Crippen LogP contribution in [0.4, 0.5) is 4.79 Å². The molecule has 2 rings (SSSR count). The van der Waals surface area contributed by atoms with Crippen molar-refractivity contribution in [3.05, 3.63) is 35.4 Å². The highest BCUT2D eigenvalue weighted by Crippen LogP contribution is 2.27. The minimum absolute atomic E-state index is 0.218. The minimum Gasteiger partial charge on any atom is -0.469 e. The van der Waals surface area contributed by atoms with Crippen LogP contribution in [0.2, 0.25) is 0 Å². The van der Waals surface area contributed by atoms with Gasteiger partial charge in [0.05, 0.1) is 13.0 Å². The van der Waals surface area contributed by atoms with Crippen LogP contribution >= 0.6 is 0 Å². The van der Waals surface area contributed by atoms with Gasteiger partial charge >= 0.3 is 12.1 Å². The van der Waals surface area contributed by atoms with Crippen LogP contribution in [0.3, 0.4) is 0 Å². The van der Waals surface area contributed by atoms with Crippen molar-refractivity contribution in [2.45, 2.75) is 45.6 Å². The highest BCUT2D eigenvalue weighted by molar-refractivity contribution is 5.75. The molecule has 0 bridgehead atoms. The molecule has 0 spiro atoms. The molecule has 6 heteroatoms. The Hall–Kier alpha value is -2.37. The Labute approximate surface area is 160 Å². The van der Waals surface area contributed by atoms with Crippen molar-refractivity contribution in [3.63, 3.8) is 0 Å². The summed E-state index contributed by atoms with van der Waals surface area (Å²) in [7, 11) is 1.39. The zero-order chi connectivity index (χ0) is 20.0. The van der Waals surface area contributed by atoms with E-state index in [1.807, 2.05) is 32.9 Å². The molecule has 1 unspecified atom stereocenters. The van der Waals surface area contributed by atoms with Gasteiger partial charge in [0.15, 0.2) is 0 Å². The van der Waals surface area contributed by atoms with Crippen molar-refractivity contribution in [2.75, 3.05) is 20.2 Å².